The molecule has 23 heavy (non-hydrogen) atoms. The average Bonchev–Trinajstić information content (AvgIpc) is 2.79. The average molecular weight is 329 g/mol. The summed E-state index contributed by atoms with van der Waals surface area (Å²) < 4.78 is 2.08. The van der Waals surface area contributed by atoms with Crippen molar-refractivity contribution in [2.24, 2.45) is 0 Å². The van der Waals surface area contributed by atoms with Crippen molar-refractivity contribution in [3.8, 4) is 0 Å². The number of carbonyl (C=O) groups is 1. The molecular formula is C18H17ClN2O2. The zero-order chi connectivity index (χ0) is 16.6. The Balaban J connectivity index is 2.21. The normalized spacial score (nSPS) is 12.5. The number of carboxylic acid groups (broad SMARTS) is 1. The fraction of sp³-hybridized carbons (Fsp3) is 0.222. The van der Waals surface area contributed by atoms with Crippen LogP contribution in [0.2, 0.25) is 5.02 Å². The van der Waals surface area contributed by atoms with Crippen molar-refractivity contribution in [2.75, 3.05) is 0 Å². The van der Waals surface area contributed by atoms with Gasteiger partial charge in [-0.1, -0.05) is 23.7 Å². The van der Waals surface area contributed by atoms with Gasteiger partial charge in [-0.3, -0.25) is 4.79 Å². The van der Waals surface area contributed by atoms with Gasteiger partial charge < -0.3 is 9.67 Å². The highest BCUT2D eigenvalue weighted by Gasteiger charge is 2.21. The smallest absolute Gasteiger partial charge is 0.307 e. The molecule has 1 unspecified atom stereocenters. The van der Waals surface area contributed by atoms with E-state index in [4.69, 9.17) is 11.6 Å². The van der Waals surface area contributed by atoms with Crippen molar-refractivity contribution >= 4 is 28.6 Å². The molecule has 1 atom stereocenters. The van der Waals surface area contributed by atoms with Gasteiger partial charge >= 0.3 is 5.97 Å². The Bertz CT molecular complexity index is 886. The van der Waals surface area contributed by atoms with Gasteiger partial charge in [0, 0.05) is 22.3 Å². The third-order valence-electron chi connectivity index (χ3n) is 4.18. The number of benzene rings is 1. The number of pyridine rings is 1. The monoisotopic (exact) mass is 328 g/mol. The Kier molecular flexibility index (Phi) is 4.09. The molecule has 0 saturated heterocycles. The van der Waals surface area contributed by atoms with Crippen LogP contribution in [0.4, 0.5) is 0 Å². The molecule has 3 rings (SSSR count). The van der Waals surface area contributed by atoms with Crippen LogP contribution in [-0.4, -0.2) is 20.6 Å². The van der Waals surface area contributed by atoms with Crippen molar-refractivity contribution in [1.29, 1.82) is 0 Å². The topological polar surface area (TPSA) is 55.1 Å². The molecule has 0 aliphatic carbocycles. The van der Waals surface area contributed by atoms with Gasteiger partial charge in [-0.15, -0.1) is 0 Å². The molecule has 1 aromatic carbocycles. The van der Waals surface area contributed by atoms with Crippen molar-refractivity contribution in [3.63, 3.8) is 0 Å². The van der Waals surface area contributed by atoms with Crippen LogP contribution in [-0.2, 0) is 11.2 Å². The molecule has 2 heterocycles. The lowest BCUT2D eigenvalue weighted by Gasteiger charge is -2.18. The summed E-state index contributed by atoms with van der Waals surface area (Å²) in [5.41, 5.74) is 3.60. The Morgan fingerprint density at radius 3 is 2.83 bits per heavy atom. The fourth-order valence-electron chi connectivity index (χ4n) is 3.09. The molecule has 5 heteroatoms. The molecule has 0 spiro atoms. The first-order chi connectivity index (χ1) is 11.0. The number of hydrogen-bond donors (Lipinski definition) is 1. The third kappa shape index (κ3) is 2.82. The van der Waals surface area contributed by atoms with E-state index in [2.05, 4.69) is 16.5 Å². The highest BCUT2D eigenvalue weighted by molar-refractivity contribution is 6.30. The molecule has 2 aromatic heterocycles. The number of fused-ring (bicyclic) bond motifs is 1. The summed E-state index contributed by atoms with van der Waals surface area (Å²) in [4.78, 5) is 15.7. The Hall–Kier alpha value is -2.33. The zero-order valence-corrected chi connectivity index (χ0v) is 13.7. The molecular weight excluding hydrogens is 312 g/mol. The van der Waals surface area contributed by atoms with Crippen LogP contribution < -0.4 is 0 Å². The zero-order valence-electron chi connectivity index (χ0n) is 13.0. The molecule has 0 aliphatic rings. The van der Waals surface area contributed by atoms with Gasteiger partial charge in [-0.05, 0) is 49.2 Å². The van der Waals surface area contributed by atoms with Crippen LogP contribution in [0.3, 0.4) is 0 Å². The maximum absolute atomic E-state index is 11.2. The number of rotatable bonds is 4. The van der Waals surface area contributed by atoms with Gasteiger partial charge in [-0.25, -0.2) is 4.98 Å². The second-order valence-corrected chi connectivity index (χ2v) is 6.05. The number of nitrogens with zero attached hydrogens (tertiary/aromatic N) is 2. The highest BCUT2D eigenvalue weighted by Crippen LogP contribution is 2.31. The molecule has 0 bridgehead atoms. The minimum absolute atomic E-state index is 0.00800. The van der Waals surface area contributed by atoms with Crippen LogP contribution in [0.1, 0.15) is 29.8 Å². The van der Waals surface area contributed by atoms with Gasteiger partial charge in [0.1, 0.15) is 5.65 Å². The molecule has 0 amide bonds. The fourth-order valence-corrected chi connectivity index (χ4v) is 3.29. The van der Waals surface area contributed by atoms with E-state index >= 15 is 0 Å². The minimum atomic E-state index is -0.841. The van der Waals surface area contributed by atoms with E-state index in [-0.39, 0.29) is 12.5 Å². The first-order valence-corrected chi connectivity index (χ1v) is 7.78. The summed E-state index contributed by atoms with van der Waals surface area (Å²) in [6.45, 7) is 4.01. The van der Waals surface area contributed by atoms with Crippen LogP contribution in [0, 0.1) is 6.92 Å². The van der Waals surface area contributed by atoms with Crippen molar-refractivity contribution in [2.45, 2.75) is 26.3 Å². The maximum Gasteiger partial charge on any atom is 0.307 e. The summed E-state index contributed by atoms with van der Waals surface area (Å²) in [5, 5.41) is 10.8. The van der Waals surface area contributed by atoms with Crippen LogP contribution >= 0.6 is 11.6 Å². The van der Waals surface area contributed by atoms with E-state index in [1.54, 1.807) is 6.20 Å². The van der Waals surface area contributed by atoms with E-state index < -0.39 is 5.97 Å². The summed E-state index contributed by atoms with van der Waals surface area (Å²) in [6, 6.07) is 11.5. The van der Waals surface area contributed by atoms with E-state index in [1.165, 1.54) is 0 Å². The van der Waals surface area contributed by atoms with Gasteiger partial charge in [0.15, 0.2) is 0 Å². The largest absolute Gasteiger partial charge is 0.481 e. The SMILES string of the molecule is Cc1c(CC(=O)O)c2cccnc2n1C(C)c1cccc(Cl)c1. The van der Waals surface area contributed by atoms with E-state index in [1.807, 2.05) is 43.3 Å². The lowest BCUT2D eigenvalue weighted by Crippen LogP contribution is -2.10. The lowest BCUT2D eigenvalue weighted by molar-refractivity contribution is -0.136. The second kappa shape index (κ2) is 6.05. The van der Waals surface area contributed by atoms with Crippen molar-refractivity contribution < 1.29 is 9.90 Å². The van der Waals surface area contributed by atoms with E-state index in [9.17, 15) is 9.90 Å². The number of hydrogen-bond acceptors (Lipinski definition) is 2. The Morgan fingerprint density at radius 2 is 2.13 bits per heavy atom. The molecule has 0 saturated carbocycles. The second-order valence-electron chi connectivity index (χ2n) is 5.61. The predicted molar refractivity (Wildman–Crippen MR) is 91.1 cm³/mol. The molecule has 3 aromatic rings. The number of halogens is 1. The predicted octanol–water partition coefficient (Wildman–Crippen LogP) is 4.23. The van der Waals surface area contributed by atoms with Gasteiger partial charge in [-0.2, -0.15) is 0 Å². The van der Waals surface area contributed by atoms with Crippen molar-refractivity contribution in [1.82, 2.24) is 9.55 Å². The number of carboxylic acids is 1. The molecule has 0 aliphatic heterocycles. The summed E-state index contributed by atoms with van der Waals surface area (Å²) in [7, 11) is 0. The van der Waals surface area contributed by atoms with Gasteiger partial charge in [0.05, 0.1) is 12.5 Å². The highest BCUT2D eigenvalue weighted by atomic mass is 35.5. The standard InChI is InChI=1S/C18H17ClN2O2/c1-11(13-5-3-6-14(19)9-13)21-12(2)16(10-17(22)23)15-7-4-8-20-18(15)21/h3-9,11H,10H2,1-2H3,(H,22,23). The van der Waals surface area contributed by atoms with Gasteiger partial charge in [0.25, 0.3) is 0 Å². The minimum Gasteiger partial charge on any atom is -0.481 e. The molecule has 118 valence electrons. The molecule has 0 radical (unpaired) electrons. The van der Waals surface area contributed by atoms with E-state index in [0.717, 1.165) is 27.9 Å². The Labute approximate surface area is 139 Å². The van der Waals surface area contributed by atoms with Crippen molar-refractivity contribution in [3.05, 3.63) is 64.4 Å². The number of aromatic nitrogens is 2. The lowest BCUT2D eigenvalue weighted by atomic mass is 10.1. The summed E-state index contributed by atoms with van der Waals surface area (Å²) >= 11 is 6.11. The Morgan fingerprint density at radius 1 is 1.35 bits per heavy atom. The maximum atomic E-state index is 11.2. The summed E-state index contributed by atoms with van der Waals surface area (Å²) in [6.07, 6.45) is 1.72. The van der Waals surface area contributed by atoms with E-state index in [0.29, 0.717) is 5.02 Å². The molecule has 1 N–H and O–H groups in total. The number of aliphatic carboxylic acids is 1. The first-order valence-electron chi connectivity index (χ1n) is 7.40. The quantitative estimate of drug-likeness (QED) is 0.779. The molecule has 4 nitrogen and oxygen atoms in total. The first kappa shape index (κ1) is 15.6. The van der Waals surface area contributed by atoms with Crippen LogP contribution in [0.5, 0.6) is 0 Å². The van der Waals surface area contributed by atoms with Crippen LogP contribution in [0.25, 0.3) is 11.0 Å². The molecule has 0 fully saturated rings. The van der Waals surface area contributed by atoms with Gasteiger partial charge in [0.2, 0.25) is 0 Å². The van der Waals surface area contributed by atoms with Crippen LogP contribution in [0.15, 0.2) is 42.6 Å². The summed E-state index contributed by atoms with van der Waals surface area (Å²) in [5.74, 6) is -0.841. The third-order valence-corrected chi connectivity index (χ3v) is 4.42.